The lowest BCUT2D eigenvalue weighted by atomic mass is 10.1. The maximum Gasteiger partial charge on any atom is 0.253 e. The number of rotatable bonds is 4. The zero-order valence-electron chi connectivity index (χ0n) is 11.7. The molecular weight excluding hydrogens is 256 g/mol. The van der Waals surface area contributed by atoms with Crippen molar-refractivity contribution in [1.29, 1.82) is 0 Å². The summed E-state index contributed by atoms with van der Waals surface area (Å²) >= 11 is 0. The lowest BCUT2D eigenvalue weighted by Crippen LogP contribution is -2.20. The van der Waals surface area contributed by atoms with E-state index >= 15 is 0 Å². The third kappa shape index (κ3) is 2.90. The SMILES string of the molecule is CNC(=O)c1ccc(N)cc1NC(C)c1ncc(C)o1. The zero-order chi connectivity index (χ0) is 14.7. The van der Waals surface area contributed by atoms with E-state index < -0.39 is 0 Å². The standard InChI is InChI=1S/C14H18N4O2/c1-8-7-17-14(20-8)9(2)18-12-6-10(15)4-5-11(12)13(19)16-3/h4-7,9,18H,15H2,1-3H3,(H,16,19). The third-order valence-electron chi connectivity index (χ3n) is 2.90. The Balaban J connectivity index is 2.28. The minimum absolute atomic E-state index is 0.172. The molecule has 1 aromatic heterocycles. The van der Waals surface area contributed by atoms with Crippen molar-refractivity contribution in [2.24, 2.45) is 0 Å². The van der Waals surface area contributed by atoms with Crippen LogP contribution in [0.15, 0.2) is 28.8 Å². The van der Waals surface area contributed by atoms with Crippen LogP contribution < -0.4 is 16.4 Å². The number of nitrogen functional groups attached to an aromatic ring is 1. The van der Waals surface area contributed by atoms with E-state index in [2.05, 4.69) is 15.6 Å². The third-order valence-corrected chi connectivity index (χ3v) is 2.90. The molecule has 0 fully saturated rings. The number of anilines is 2. The summed E-state index contributed by atoms with van der Waals surface area (Å²) in [5.41, 5.74) is 7.53. The summed E-state index contributed by atoms with van der Waals surface area (Å²) in [6, 6.07) is 4.92. The minimum atomic E-state index is -0.178. The highest BCUT2D eigenvalue weighted by Crippen LogP contribution is 2.24. The molecule has 1 atom stereocenters. The average Bonchev–Trinajstić information content (AvgIpc) is 2.85. The second-order valence-electron chi connectivity index (χ2n) is 4.56. The van der Waals surface area contributed by atoms with Gasteiger partial charge in [0.1, 0.15) is 11.8 Å². The van der Waals surface area contributed by atoms with Gasteiger partial charge < -0.3 is 20.8 Å². The molecule has 1 aromatic carbocycles. The lowest BCUT2D eigenvalue weighted by Gasteiger charge is -2.15. The molecule has 106 valence electrons. The maximum atomic E-state index is 11.8. The molecule has 0 saturated carbocycles. The highest BCUT2D eigenvalue weighted by molar-refractivity contribution is 6.00. The normalized spacial score (nSPS) is 11.9. The van der Waals surface area contributed by atoms with Gasteiger partial charge in [0.25, 0.3) is 5.91 Å². The van der Waals surface area contributed by atoms with Crippen LogP contribution in [0.25, 0.3) is 0 Å². The Bertz CT molecular complexity index is 621. The van der Waals surface area contributed by atoms with Crippen molar-refractivity contribution < 1.29 is 9.21 Å². The smallest absolute Gasteiger partial charge is 0.253 e. The minimum Gasteiger partial charge on any atom is -0.444 e. The number of amides is 1. The number of aryl methyl sites for hydroxylation is 1. The predicted octanol–water partition coefficient (Wildman–Crippen LogP) is 2.10. The van der Waals surface area contributed by atoms with Crippen LogP contribution in [0.1, 0.15) is 35.0 Å². The first-order chi connectivity index (χ1) is 9.51. The van der Waals surface area contributed by atoms with Crippen molar-refractivity contribution in [3.8, 4) is 0 Å². The second-order valence-corrected chi connectivity index (χ2v) is 4.56. The molecule has 0 bridgehead atoms. The topological polar surface area (TPSA) is 93.2 Å². The van der Waals surface area contributed by atoms with Crippen LogP contribution in [0.4, 0.5) is 11.4 Å². The number of nitrogens with two attached hydrogens (primary N) is 1. The molecule has 0 saturated heterocycles. The molecule has 1 heterocycles. The van der Waals surface area contributed by atoms with Gasteiger partial charge in [0.2, 0.25) is 5.89 Å². The van der Waals surface area contributed by atoms with E-state index in [1.54, 1.807) is 31.4 Å². The lowest BCUT2D eigenvalue weighted by molar-refractivity contribution is 0.0964. The van der Waals surface area contributed by atoms with E-state index in [1.165, 1.54) is 0 Å². The van der Waals surface area contributed by atoms with Crippen molar-refractivity contribution in [2.45, 2.75) is 19.9 Å². The van der Waals surface area contributed by atoms with E-state index in [1.807, 2.05) is 13.8 Å². The Morgan fingerprint density at radius 2 is 2.20 bits per heavy atom. The number of carbonyl (C=O) groups is 1. The summed E-state index contributed by atoms with van der Waals surface area (Å²) in [7, 11) is 1.59. The highest BCUT2D eigenvalue weighted by atomic mass is 16.4. The number of hydrogen-bond donors (Lipinski definition) is 3. The average molecular weight is 274 g/mol. The van der Waals surface area contributed by atoms with Gasteiger partial charge in [-0.1, -0.05) is 0 Å². The zero-order valence-corrected chi connectivity index (χ0v) is 11.7. The van der Waals surface area contributed by atoms with Gasteiger partial charge in [-0.3, -0.25) is 4.79 Å². The molecular formula is C14H18N4O2. The molecule has 4 N–H and O–H groups in total. The molecule has 0 aliphatic heterocycles. The van der Waals surface area contributed by atoms with Gasteiger partial charge in [0.05, 0.1) is 11.8 Å². The van der Waals surface area contributed by atoms with Crippen LogP contribution in [-0.2, 0) is 0 Å². The van der Waals surface area contributed by atoms with Gasteiger partial charge in [0, 0.05) is 18.4 Å². The number of aromatic nitrogens is 1. The van der Waals surface area contributed by atoms with Crippen LogP contribution >= 0.6 is 0 Å². The summed E-state index contributed by atoms with van der Waals surface area (Å²) in [4.78, 5) is 16.0. The molecule has 20 heavy (non-hydrogen) atoms. The number of oxazole rings is 1. The van der Waals surface area contributed by atoms with Crippen molar-refractivity contribution in [3.63, 3.8) is 0 Å². The van der Waals surface area contributed by atoms with Crippen molar-refractivity contribution >= 4 is 17.3 Å². The van der Waals surface area contributed by atoms with E-state index in [0.717, 1.165) is 5.76 Å². The molecule has 2 aromatic rings. The molecule has 2 rings (SSSR count). The number of nitrogens with zero attached hydrogens (tertiary/aromatic N) is 1. The first-order valence-electron chi connectivity index (χ1n) is 6.31. The van der Waals surface area contributed by atoms with Gasteiger partial charge in [-0.2, -0.15) is 0 Å². The molecule has 6 nitrogen and oxygen atoms in total. The Morgan fingerprint density at radius 3 is 2.80 bits per heavy atom. The fourth-order valence-electron chi connectivity index (χ4n) is 1.88. The maximum absolute atomic E-state index is 11.8. The van der Waals surface area contributed by atoms with E-state index in [-0.39, 0.29) is 11.9 Å². The fraction of sp³-hybridized carbons (Fsp3) is 0.286. The van der Waals surface area contributed by atoms with Gasteiger partial charge in [-0.15, -0.1) is 0 Å². The summed E-state index contributed by atoms with van der Waals surface area (Å²) < 4.78 is 5.47. The Morgan fingerprint density at radius 1 is 1.45 bits per heavy atom. The van der Waals surface area contributed by atoms with Crippen LogP contribution in [0.5, 0.6) is 0 Å². The highest BCUT2D eigenvalue weighted by Gasteiger charge is 2.16. The Labute approximate surface area is 117 Å². The Kier molecular flexibility index (Phi) is 3.93. The first-order valence-corrected chi connectivity index (χ1v) is 6.31. The summed E-state index contributed by atoms with van der Waals surface area (Å²) in [6.45, 7) is 3.74. The number of nitrogens with one attached hydrogen (secondary N) is 2. The molecule has 0 spiro atoms. The van der Waals surface area contributed by atoms with Crippen LogP contribution in [0.3, 0.4) is 0 Å². The molecule has 1 amide bonds. The summed E-state index contributed by atoms with van der Waals surface area (Å²) in [5.74, 6) is 1.13. The molecule has 0 radical (unpaired) electrons. The first kappa shape index (κ1) is 13.9. The molecule has 1 unspecified atom stereocenters. The van der Waals surface area contributed by atoms with E-state index in [0.29, 0.717) is 22.8 Å². The van der Waals surface area contributed by atoms with Crippen LogP contribution in [0, 0.1) is 6.92 Å². The van der Waals surface area contributed by atoms with E-state index in [4.69, 9.17) is 10.2 Å². The molecule has 6 heteroatoms. The van der Waals surface area contributed by atoms with Crippen molar-refractivity contribution in [3.05, 3.63) is 41.6 Å². The van der Waals surface area contributed by atoms with Gasteiger partial charge in [-0.05, 0) is 32.0 Å². The monoisotopic (exact) mass is 274 g/mol. The van der Waals surface area contributed by atoms with Crippen LogP contribution in [-0.4, -0.2) is 17.9 Å². The Hall–Kier alpha value is -2.50. The molecule has 0 aliphatic carbocycles. The number of hydrogen-bond acceptors (Lipinski definition) is 5. The van der Waals surface area contributed by atoms with Crippen molar-refractivity contribution in [1.82, 2.24) is 10.3 Å². The van der Waals surface area contributed by atoms with Gasteiger partial charge in [-0.25, -0.2) is 4.98 Å². The largest absolute Gasteiger partial charge is 0.444 e. The van der Waals surface area contributed by atoms with Gasteiger partial charge >= 0.3 is 0 Å². The predicted molar refractivity (Wildman–Crippen MR) is 77.5 cm³/mol. The summed E-state index contributed by atoms with van der Waals surface area (Å²) in [5, 5.41) is 5.80. The quantitative estimate of drug-likeness (QED) is 0.742. The van der Waals surface area contributed by atoms with Gasteiger partial charge in [0.15, 0.2) is 0 Å². The van der Waals surface area contributed by atoms with Crippen molar-refractivity contribution in [2.75, 3.05) is 18.1 Å². The van der Waals surface area contributed by atoms with E-state index in [9.17, 15) is 4.79 Å². The molecule has 0 aliphatic rings. The number of benzene rings is 1. The second kappa shape index (κ2) is 5.64. The van der Waals surface area contributed by atoms with Crippen LogP contribution in [0.2, 0.25) is 0 Å². The fourth-order valence-corrected chi connectivity index (χ4v) is 1.88. The number of carbonyl (C=O) groups excluding carboxylic acids is 1. The summed E-state index contributed by atoms with van der Waals surface area (Å²) in [6.07, 6.45) is 1.66.